The highest BCUT2D eigenvalue weighted by atomic mass is 35.5. The number of phenolic OH excluding ortho intramolecular Hbond substituents is 1. The van der Waals surface area contributed by atoms with Crippen molar-refractivity contribution >= 4 is 22.5 Å². The monoisotopic (exact) mass is 238 g/mol. The van der Waals surface area contributed by atoms with Crippen molar-refractivity contribution in [2.45, 2.75) is 12.8 Å². The van der Waals surface area contributed by atoms with Crippen LogP contribution in [0.25, 0.3) is 10.9 Å². The van der Waals surface area contributed by atoms with Gasteiger partial charge >= 0.3 is 0 Å². The molecule has 0 amide bonds. The van der Waals surface area contributed by atoms with Gasteiger partial charge in [0, 0.05) is 24.5 Å². The second-order valence-corrected chi connectivity index (χ2v) is 3.82. The van der Waals surface area contributed by atoms with Crippen LogP contribution >= 0.6 is 11.6 Å². The number of aryl methyl sites for hydroxylation is 1. The van der Waals surface area contributed by atoms with Crippen molar-refractivity contribution < 1.29 is 10.2 Å². The fourth-order valence-corrected chi connectivity index (χ4v) is 1.73. The van der Waals surface area contributed by atoms with E-state index in [9.17, 15) is 5.11 Å². The van der Waals surface area contributed by atoms with Gasteiger partial charge in [-0.2, -0.15) is 0 Å². The molecule has 1 aromatic heterocycles. The number of nitrogens with zero attached hydrogens (tertiary/aromatic N) is 2. The fourth-order valence-electron chi connectivity index (χ4n) is 1.47. The number of fused-ring (bicyclic) bond motifs is 1. The van der Waals surface area contributed by atoms with Gasteiger partial charge in [-0.05, 0) is 18.6 Å². The highest BCUT2D eigenvalue weighted by molar-refractivity contribution is 6.34. The van der Waals surface area contributed by atoms with Crippen LogP contribution in [0.3, 0.4) is 0 Å². The van der Waals surface area contributed by atoms with E-state index < -0.39 is 0 Å². The molecule has 1 aromatic carbocycles. The summed E-state index contributed by atoms with van der Waals surface area (Å²) in [6.07, 6.45) is 1.17. The van der Waals surface area contributed by atoms with Crippen LogP contribution in [0, 0.1) is 0 Å². The lowest BCUT2D eigenvalue weighted by atomic mass is 10.2. The summed E-state index contributed by atoms with van der Waals surface area (Å²) in [5.74, 6) is 0.729. The summed E-state index contributed by atoms with van der Waals surface area (Å²) in [7, 11) is 0. The maximum absolute atomic E-state index is 9.34. The van der Waals surface area contributed by atoms with Crippen molar-refractivity contribution in [3.63, 3.8) is 0 Å². The van der Waals surface area contributed by atoms with E-state index in [4.69, 9.17) is 16.7 Å². The van der Waals surface area contributed by atoms with Crippen LogP contribution in [0.4, 0.5) is 0 Å². The van der Waals surface area contributed by atoms with Gasteiger partial charge in [0.25, 0.3) is 0 Å². The minimum atomic E-state index is 0.0963. The van der Waals surface area contributed by atoms with Crippen LogP contribution in [-0.2, 0) is 6.42 Å². The SMILES string of the molecule is OCCCc1nc(Cl)c2ccc(O)cc2n1. The molecule has 0 spiro atoms. The maximum atomic E-state index is 9.34. The van der Waals surface area contributed by atoms with Crippen molar-refractivity contribution in [2.24, 2.45) is 0 Å². The van der Waals surface area contributed by atoms with Crippen molar-refractivity contribution in [1.82, 2.24) is 9.97 Å². The lowest BCUT2D eigenvalue weighted by molar-refractivity contribution is 0.287. The molecule has 0 fully saturated rings. The molecule has 0 unspecified atom stereocenters. The van der Waals surface area contributed by atoms with E-state index in [1.54, 1.807) is 18.2 Å². The number of benzene rings is 1. The van der Waals surface area contributed by atoms with Gasteiger partial charge in [0.15, 0.2) is 0 Å². The molecule has 0 saturated heterocycles. The third-order valence-electron chi connectivity index (χ3n) is 2.24. The highest BCUT2D eigenvalue weighted by Crippen LogP contribution is 2.24. The Morgan fingerprint density at radius 2 is 2.06 bits per heavy atom. The number of aliphatic hydroxyl groups is 1. The van der Waals surface area contributed by atoms with Gasteiger partial charge in [0.1, 0.15) is 16.7 Å². The van der Waals surface area contributed by atoms with Crippen LogP contribution in [0.2, 0.25) is 5.15 Å². The molecule has 0 radical (unpaired) electrons. The van der Waals surface area contributed by atoms with E-state index in [0.29, 0.717) is 34.7 Å². The molecule has 0 bridgehead atoms. The largest absolute Gasteiger partial charge is 0.508 e. The number of halogens is 1. The normalized spacial score (nSPS) is 10.9. The Balaban J connectivity index is 2.47. The molecular formula is C11H11ClN2O2. The van der Waals surface area contributed by atoms with Gasteiger partial charge in [0.05, 0.1) is 5.52 Å². The number of phenols is 1. The molecule has 0 aliphatic heterocycles. The zero-order valence-corrected chi connectivity index (χ0v) is 9.28. The quantitative estimate of drug-likeness (QED) is 0.802. The summed E-state index contributed by atoms with van der Waals surface area (Å²) in [5, 5.41) is 19.2. The number of rotatable bonds is 3. The summed E-state index contributed by atoms with van der Waals surface area (Å²) in [6, 6.07) is 4.78. The van der Waals surface area contributed by atoms with Crippen LogP contribution in [0.15, 0.2) is 18.2 Å². The number of hydrogen-bond acceptors (Lipinski definition) is 4. The van der Waals surface area contributed by atoms with E-state index in [1.807, 2.05) is 0 Å². The summed E-state index contributed by atoms with van der Waals surface area (Å²) >= 11 is 6.00. The predicted octanol–water partition coefficient (Wildman–Crippen LogP) is 1.91. The van der Waals surface area contributed by atoms with Gasteiger partial charge in [-0.25, -0.2) is 9.97 Å². The fraction of sp³-hybridized carbons (Fsp3) is 0.273. The first-order chi connectivity index (χ1) is 7.70. The zero-order valence-electron chi connectivity index (χ0n) is 8.52. The summed E-state index contributed by atoms with van der Waals surface area (Å²) < 4.78 is 0. The van der Waals surface area contributed by atoms with Crippen LogP contribution in [-0.4, -0.2) is 26.8 Å². The van der Waals surface area contributed by atoms with Gasteiger partial charge in [-0.1, -0.05) is 11.6 Å². The van der Waals surface area contributed by atoms with Crippen molar-refractivity contribution in [3.05, 3.63) is 29.2 Å². The lowest BCUT2D eigenvalue weighted by Crippen LogP contribution is -1.98. The molecule has 4 nitrogen and oxygen atoms in total. The standard InChI is InChI=1S/C11H11ClN2O2/c12-11-8-4-3-7(16)6-9(8)13-10(14-11)2-1-5-15/h3-4,6,15-16H,1-2,5H2. The van der Waals surface area contributed by atoms with Crippen molar-refractivity contribution in [1.29, 1.82) is 0 Å². The van der Waals surface area contributed by atoms with Gasteiger partial charge < -0.3 is 10.2 Å². The zero-order chi connectivity index (χ0) is 11.5. The molecule has 84 valence electrons. The molecule has 2 rings (SSSR count). The summed E-state index contributed by atoms with van der Waals surface area (Å²) in [6.45, 7) is 0.0963. The van der Waals surface area contributed by atoms with E-state index in [-0.39, 0.29) is 12.4 Å². The van der Waals surface area contributed by atoms with Crippen LogP contribution in [0.1, 0.15) is 12.2 Å². The van der Waals surface area contributed by atoms with E-state index in [0.717, 1.165) is 0 Å². The average Bonchev–Trinajstić information content (AvgIpc) is 2.25. The van der Waals surface area contributed by atoms with E-state index in [2.05, 4.69) is 9.97 Å². The molecule has 16 heavy (non-hydrogen) atoms. The molecule has 5 heteroatoms. The van der Waals surface area contributed by atoms with Crippen molar-refractivity contribution in [3.8, 4) is 5.75 Å². The summed E-state index contributed by atoms with van der Waals surface area (Å²) in [4.78, 5) is 8.40. The van der Waals surface area contributed by atoms with Gasteiger partial charge in [-0.3, -0.25) is 0 Å². The molecule has 0 aliphatic carbocycles. The Morgan fingerprint density at radius 1 is 1.25 bits per heavy atom. The first-order valence-electron chi connectivity index (χ1n) is 4.96. The Bertz CT molecular complexity index is 517. The Kier molecular flexibility index (Phi) is 3.22. The lowest BCUT2D eigenvalue weighted by Gasteiger charge is -2.04. The molecule has 1 heterocycles. The topological polar surface area (TPSA) is 66.2 Å². The van der Waals surface area contributed by atoms with Gasteiger partial charge in [0.2, 0.25) is 0 Å². The van der Waals surface area contributed by atoms with E-state index in [1.165, 1.54) is 0 Å². The molecular weight excluding hydrogens is 228 g/mol. The van der Waals surface area contributed by atoms with Crippen molar-refractivity contribution in [2.75, 3.05) is 6.61 Å². The third kappa shape index (κ3) is 2.23. The number of aromatic nitrogens is 2. The minimum absolute atomic E-state index is 0.0963. The minimum Gasteiger partial charge on any atom is -0.508 e. The molecule has 0 aliphatic rings. The number of aromatic hydroxyl groups is 1. The molecule has 2 N–H and O–H groups in total. The Labute approximate surface area is 97.5 Å². The predicted molar refractivity (Wildman–Crippen MR) is 61.6 cm³/mol. The number of hydrogen-bond donors (Lipinski definition) is 2. The number of aliphatic hydroxyl groups excluding tert-OH is 1. The van der Waals surface area contributed by atoms with Crippen LogP contribution in [0.5, 0.6) is 5.75 Å². The first-order valence-corrected chi connectivity index (χ1v) is 5.34. The third-order valence-corrected chi connectivity index (χ3v) is 2.53. The Morgan fingerprint density at radius 3 is 2.81 bits per heavy atom. The summed E-state index contributed by atoms with van der Waals surface area (Å²) in [5.41, 5.74) is 0.618. The second kappa shape index (κ2) is 4.63. The first kappa shape index (κ1) is 11.1. The average molecular weight is 239 g/mol. The van der Waals surface area contributed by atoms with E-state index >= 15 is 0 Å². The molecule has 0 atom stereocenters. The molecule has 0 saturated carbocycles. The highest BCUT2D eigenvalue weighted by Gasteiger charge is 2.06. The van der Waals surface area contributed by atoms with Gasteiger partial charge in [-0.15, -0.1) is 0 Å². The second-order valence-electron chi connectivity index (χ2n) is 3.46. The smallest absolute Gasteiger partial charge is 0.140 e. The maximum Gasteiger partial charge on any atom is 0.140 e. The van der Waals surface area contributed by atoms with Crippen LogP contribution < -0.4 is 0 Å². The Hall–Kier alpha value is -1.39. The molecule has 2 aromatic rings.